The van der Waals surface area contributed by atoms with Crippen LogP contribution in [0.2, 0.25) is 0 Å². The number of rotatable bonds is 3. The molecular formula is C11H17N3. The molecule has 0 aliphatic carbocycles. The van der Waals surface area contributed by atoms with Crippen LogP contribution in [0.25, 0.3) is 0 Å². The minimum atomic E-state index is 0.693. The zero-order valence-corrected chi connectivity index (χ0v) is 8.39. The van der Waals surface area contributed by atoms with Gasteiger partial charge in [-0.05, 0) is 37.6 Å². The summed E-state index contributed by atoms with van der Waals surface area (Å²) in [4.78, 5) is 6.75. The highest BCUT2D eigenvalue weighted by molar-refractivity contribution is 5.03. The Balaban J connectivity index is 1.88. The van der Waals surface area contributed by atoms with E-state index < -0.39 is 0 Å². The zero-order chi connectivity index (χ0) is 9.80. The van der Waals surface area contributed by atoms with Crippen molar-refractivity contribution in [3.8, 4) is 0 Å². The molecule has 76 valence electrons. The van der Waals surface area contributed by atoms with Crippen LogP contribution in [-0.2, 0) is 6.54 Å². The van der Waals surface area contributed by atoms with E-state index in [4.69, 9.17) is 5.73 Å². The smallest absolute Gasteiger partial charge is 0.0543 e. The molecule has 1 atom stereocenters. The number of likely N-dealkylation sites (tertiary alicyclic amines) is 1. The first-order valence-electron chi connectivity index (χ1n) is 5.21. The van der Waals surface area contributed by atoms with E-state index in [1.807, 2.05) is 18.3 Å². The largest absolute Gasteiger partial charge is 0.330 e. The molecule has 0 aromatic carbocycles. The highest BCUT2D eigenvalue weighted by atomic mass is 15.2. The number of hydrogen-bond donors (Lipinski definition) is 1. The fraction of sp³-hybridized carbons (Fsp3) is 0.545. The fourth-order valence-corrected chi connectivity index (χ4v) is 1.97. The van der Waals surface area contributed by atoms with Gasteiger partial charge in [0.05, 0.1) is 5.69 Å². The second-order valence-electron chi connectivity index (χ2n) is 3.95. The lowest BCUT2D eigenvalue weighted by Gasteiger charge is -2.14. The van der Waals surface area contributed by atoms with E-state index in [0.29, 0.717) is 5.92 Å². The van der Waals surface area contributed by atoms with Gasteiger partial charge in [0.1, 0.15) is 0 Å². The third-order valence-electron chi connectivity index (χ3n) is 2.82. The Morgan fingerprint density at radius 2 is 2.43 bits per heavy atom. The summed E-state index contributed by atoms with van der Waals surface area (Å²) in [5.74, 6) is 0.693. The standard InChI is InChI=1S/C11H17N3/c12-7-10-4-6-14(8-10)9-11-3-1-2-5-13-11/h1-3,5,10H,4,6-9,12H2/t10-/m1/s1. The van der Waals surface area contributed by atoms with Gasteiger partial charge in [-0.15, -0.1) is 0 Å². The van der Waals surface area contributed by atoms with E-state index in [2.05, 4.69) is 16.0 Å². The first-order valence-corrected chi connectivity index (χ1v) is 5.21. The van der Waals surface area contributed by atoms with E-state index >= 15 is 0 Å². The van der Waals surface area contributed by atoms with Gasteiger partial charge in [-0.25, -0.2) is 0 Å². The Bertz CT molecular complexity index is 273. The van der Waals surface area contributed by atoms with Gasteiger partial charge in [0.25, 0.3) is 0 Å². The van der Waals surface area contributed by atoms with Crippen LogP contribution in [0.4, 0.5) is 0 Å². The number of nitrogens with zero attached hydrogens (tertiary/aromatic N) is 2. The summed E-state index contributed by atoms with van der Waals surface area (Å²) in [6.45, 7) is 4.08. The van der Waals surface area contributed by atoms with E-state index in [0.717, 1.165) is 25.3 Å². The molecule has 2 heterocycles. The summed E-state index contributed by atoms with van der Waals surface area (Å²) >= 11 is 0. The van der Waals surface area contributed by atoms with Crippen molar-refractivity contribution in [3.63, 3.8) is 0 Å². The van der Waals surface area contributed by atoms with Crippen LogP contribution in [0, 0.1) is 5.92 Å². The van der Waals surface area contributed by atoms with Crippen LogP contribution in [-0.4, -0.2) is 29.5 Å². The van der Waals surface area contributed by atoms with Gasteiger partial charge in [0.15, 0.2) is 0 Å². The summed E-state index contributed by atoms with van der Waals surface area (Å²) in [5.41, 5.74) is 6.80. The normalized spacial score (nSPS) is 22.8. The van der Waals surface area contributed by atoms with Gasteiger partial charge in [0, 0.05) is 19.3 Å². The first kappa shape index (κ1) is 9.62. The molecule has 0 spiro atoms. The molecule has 2 rings (SSSR count). The summed E-state index contributed by atoms with van der Waals surface area (Å²) in [7, 11) is 0. The van der Waals surface area contributed by atoms with Crippen LogP contribution in [0.5, 0.6) is 0 Å². The summed E-state index contributed by atoms with van der Waals surface area (Å²) in [6.07, 6.45) is 3.09. The van der Waals surface area contributed by atoms with Crippen LogP contribution < -0.4 is 5.73 Å². The maximum absolute atomic E-state index is 5.65. The van der Waals surface area contributed by atoms with Gasteiger partial charge in [-0.1, -0.05) is 6.07 Å². The molecule has 0 saturated carbocycles. The highest BCUT2D eigenvalue weighted by Crippen LogP contribution is 2.16. The molecule has 3 nitrogen and oxygen atoms in total. The summed E-state index contributed by atoms with van der Waals surface area (Å²) in [5, 5.41) is 0. The second kappa shape index (κ2) is 4.53. The van der Waals surface area contributed by atoms with Gasteiger partial charge in [-0.3, -0.25) is 9.88 Å². The van der Waals surface area contributed by atoms with Crippen LogP contribution in [0.1, 0.15) is 12.1 Å². The monoisotopic (exact) mass is 191 g/mol. The molecule has 0 unspecified atom stereocenters. The van der Waals surface area contributed by atoms with Gasteiger partial charge >= 0.3 is 0 Å². The lowest BCUT2D eigenvalue weighted by Crippen LogP contribution is -2.23. The topological polar surface area (TPSA) is 42.1 Å². The van der Waals surface area contributed by atoms with E-state index in [9.17, 15) is 0 Å². The summed E-state index contributed by atoms with van der Waals surface area (Å²) in [6, 6.07) is 6.07. The Morgan fingerprint density at radius 3 is 3.07 bits per heavy atom. The van der Waals surface area contributed by atoms with Crippen LogP contribution in [0.3, 0.4) is 0 Å². The average molecular weight is 191 g/mol. The third-order valence-corrected chi connectivity index (χ3v) is 2.82. The molecule has 2 N–H and O–H groups in total. The van der Waals surface area contributed by atoms with Crippen molar-refractivity contribution in [2.24, 2.45) is 11.7 Å². The molecule has 1 fully saturated rings. The van der Waals surface area contributed by atoms with Gasteiger partial charge < -0.3 is 5.73 Å². The van der Waals surface area contributed by atoms with E-state index in [1.165, 1.54) is 13.0 Å². The SMILES string of the molecule is NC[C@H]1CCN(Cc2ccccn2)C1. The lowest BCUT2D eigenvalue weighted by atomic mass is 10.1. The molecule has 0 bridgehead atoms. The number of nitrogens with two attached hydrogens (primary N) is 1. The molecular weight excluding hydrogens is 174 g/mol. The number of hydrogen-bond acceptors (Lipinski definition) is 3. The molecule has 1 saturated heterocycles. The highest BCUT2D eigenvalue weighted by Gasteiger charge is 2.20. The predicted octanol–water partition coefficient (Wildman–Crippen LogP) is 0.862. The fourth-order valence-electron chi connectivity index (χ4n) is 1.97. The molecule has 14 heavy (non-hydrogen) atoms. The van der Waals surface area contributed by atoms with Crippen molar-refractivity contribution < 1.29 is 0 Å². The van der Waals surface area contributed by atoms with Gasteiger partial charge in [-0.2, -0.15) is 0 Å². The zero-order valence-electron chi connectivity index (χ0n) is 8.39. The Morgan fingerprint density at radius 1 is 1.50 bits per heavy atom. The molecule has 3 heteroatoms. The molecule has 1 aromatic heterocycles. The quantitative estimate of drug-likeness (QED) is 0.770. The minimum Gasteiger partial charge on any atom is -0.330 e. The van der Waals surface area contributed by atoms with Crippen molar-refractivity contribution in [1.29, 1.82) is 0 Å². The maximum Gasteiger partial charge on any atom is 0.0543 e. The number of aromatic nitrogens is 1. The molecule has 1 aliphatic rings. The third kappa shape index (κ3) is 2.30. The first-order chi connectivity index (χ1) is 6.88. The Kier molecular flexibility index (Phi) is 3.11. The second-order valence-corrected chi connectivity index (χ2v) is 3.95. The van der Waals surface area contributed by atoms with E-state index in [-0.39, 0.29) is 0 Å². The predicted molar refractivity (Wildman–Crippen MR) is 56.7 cm³/mol. The lowest BCUT2D eigenvalue weighted by molar-refractivity contribution is 0.314. The van der Waals surface area contributed by atoms with Crippen LogP contribution >= 0.6 is 0 Å². The molecule has 1 aromatic rings. The van der Waals surface area contributed by atoms with Crippen molar-refractivity contribution >= 4 is 0 Å². The molecule has 0 amide bonds. The molecule has 1 aliphatic heterocycles. The summed E-state index contributed by atoms with van der Waals surface area (Å²) < 4.78 is 0. The van der Waals surface area contributed by atoms with Gasteiger partial charge in [0.2, 0.25) is 0 Å². The number of pyridine rings is 1. The van der Waals surface area contributed by atoms with E-state index in [1.54, 1.807) is 0 Å². The Hall–Kier alpha value is -0.930. The maximum atomic E-state index is 5.65. The average Bonchev–Trinajstić information content (AvgIpc) is 2.67. The van der Waals surface area contributed by atoms with Crippen molar-refractivity contribution in [2.45, 2.75) is 13.0 Å². The van der Waals surface area contributed by atoms with Crippen LogP contribution in [0.15, 0.2) is 24.4 Å². The van der Waals surface area contributed by atoms with Crippen molar-refractivity contribution in [1.82, 2.24) is 9.88 Å². The van der Waals surface area contributed by atoms with Crippen molar-refractivity contribution in [2.75, 3.05) is 19.6 Å². The Labute approximate surface area is 84.9 Å². The molecule has 0 radical (unpaired) electrons. The minimum absolute atomic E-state index is 0.693. The van der Waals surface area contributed by atoms with Crippen molar-refractivity contribution in [3.05, 3.63) is 30.1 Å².